The second kappa shape index (κ2) is 9.71. The molecule has 9 nitrogen and oxygen atoms in total. The molecule has 0 bridgehead atoms. The van der Waals surface area contributed by atoms with Gasteiger partial charge in [-0.15, -0.1) is 0 Å². The number of carbonyl (C=O) groups is 4. The van der Waals surface area contributed by atoms with Gasteiger partial charge in [0, 0.05) is 36.2 Å². The molecule has 2 N–H and O–H groups in total. The number of halogens is 4. The molecule has 2 unspecified atom stereocenters. The number of urea groups is 1. The first-order chi connectivity index (χ1) is 18.0. The van der Waals surface area contributed by atoms with Crippen molar-refractivity contribution < 1.29 is 41.5 Å². The van der Waals surface area contributed by atoms with Gasteiger partial charge in [-0.1, -0.05) is 6.07 Å². The van der Waals surface area contributed by atoms with E-state index >= 15 is 0 Å². The lowest BCUT2D eigenvalue weighted by molar-refractivity contribution is -0.174. The fourth-order valence-corrected chi connectivity index (χ4v) is 5.05. The summed E-state index contributed by atoms with van der Waals surface area (Å²) >= 11 is 0. The van der Waals surface area contributed by atoms with Crippen molar-refractivity contribution in [3.05, 3.63) is 58.9 Å². The zero-order valence-electron chi connectivity index (χ0n) is 19.8. The number of ether oxygens (including phenoxy) is 1. The number of anilines is 2. The van der Waals surface area contributed by atoms with Crippen molar-refractivity contribution in [3.8, 4) is 0 Å². The van der Waals surface area contributed by atoms with Crippen LogP contribution in [-0.2, 0) is 27.3 Å². The van der Waals surface area contributed by atoms with Crippen molar-refractivity contribution in [1.82, 2.24) is 10.2 Å². The zero-order valence-corrected chi connectivity index (χ0v) is 19.8. The summed E-state index contributed by atoms with van der Waals surface area (Å²) in [4.78, 5) is 52.4. The summed E-state index contributed by atoms with van der Waals surface area (Å²) in [6.07, 6.45) is -4.25. The van der Waals surface area contributed by atoms with Crippen molar-refractivity contribution in [1.29, 1.82) is 0 Å². The second-order valence-corrected chi connectivity index (χ2v) is 9.30. The Hall–Kier alpha value is -4.00. The van der Waals surface area contributed by atoms with Crippen molar-refractivity contribution in [2.75, 3.05) is 23.4 Å². The Labute approximate surface area is 213 Å². The van der Waals surface area contributed by atoms with Gasteiger partial charge < -0.3 is 15.0 Å². The molecule has 0 saturated carbocycles. The topological polar surface area (TPSA) is 108 Å². The van der Waals surface area contributed by atoms with Gasteiger partial charge in [-0.3, -0.25) is 24.6 Å². The maximum atomic E-state index is 14.4. The van der Waals surface area contributed by atoms with E-state index < -0.39 is 55.1 Å². The minimum Gasteiger partial charge on any atom is -0.370 e. The first-order valence-electron chi connectivity index (χ1n) is 11.8. The molecule has 1 saturated heterocycles. The number of piperidine rings is 1. The first-order valence-corrected chi connectivity index (χ1v) is 11.8. The molecule has 13 heteroatoms. The lowest BCUT2D eigenvalue weighted by atomic mass is 10.0. The average molecular weight is 534 g/mol. The van der Waals surface area contributed by atoms with Gasteiger partial charge in [0.2, 0.25) is 11.8 Å². The molecule has 5 rings (SSSR count). The summed E-state index contributed by atoms with van der Waals surface area (Å²) in [7, 11) is 0. The van der Waals surface area contributed by atoms with Gasteiger partial charge in [-0.2, -0.15) is 13.2 Å². The van der Waals surface area contributed by atoms with Gasteiger partial charge in [0.05, 0.1) is 18.3 Å². The SMILES string of the molecule is O=C1CCC(N2Cc3cc(NC(=O)N4c5cccc(F)c5CC4COCC(F)(F)F)ccc3C2=O)C(=O)N1. The van der Waals surface area contributed by atoms with Crippen molar-refractivity contribution in [3.63, 3.8) is 0 Å². The smallest absolute Gasteiger partial charge is 0.370 e. The summed E-state index contributed by atoms with van der Waals surface area (Å²) in [5, 5.41) is 4.90. The number of amides is 5. The van der Waals surface area contributed by atoms with E-state index in [2.05, 4.69) is 10.6 Å². The van der Waals surface area contributed by atoms with Crippen molar-refractivity contribution in [2.24, 2.45) is 0 Å². The quantitative estimate of drug-likeness (QED) is 0.453. The van der Waals surface area contributed by atoms with Gasteiger partial charge >= 0.3 is 12.2 Å². The van der Waals surface area contributed by atoms with E-state index in [-0.39, 0.29) is 43.0 Å². The molecule has 38 heavy (non-hydrogen) atoms. The molecule has 0 radical (unpaired) electrons. The lowest BCUT2D eigenvalue weighted by Crippen LogP contribution is -2.52. The molecular formula is C25H22F4N4O5. The molecule has 5 amide bonds. The highest BCUT2D eigenvalue weighted by molar-refractivity contribution is 6.07. The van der Waals surface area contributed by atoms with Crippen molar-refractivity contribution >= 4 is 35.1 Å². The Kier molecular flexibility index (Phi) is 6.55. The Morgan fingerprint density at radius 3 is 2.68 bits per heavy atom. The Morgan fingerprint density at radius 1 is 1.16 bits per heavy atom. The third-order valence-electron chi connectivity index (χ3n) is 6.73. The summed E-state index contributed by atoms with van der Waals surface area (Å²) in [5.74, 6) is -1.90. The van der Waals surface area contributed by atoms with Crippen LogP contribution in [0.2, 0.25) is 0 Å². The Morgan fingerprint density at radius 2 is 1.95 bits per heavy atom. The molecule has 3 aliphatic rings. The van der Waals surface area contributed by atoms with E-state index in [1.807, 2.05) is 0 Å². The summed E-state index contributed by atoms with van der Waals surface area (Å²) in [6, 6.07) is 6.29. The summed E-state index contributed by atoms with van der Waals surface area (Å²) < 4.78 is 56.9. The highest BCUT2D eigenvalue weighted by Crippen LogP contribution is 2.35. The molecule has 200 valence electrons. The van der Waals surface area contributed by atoms with Crippen LogP contribution >= 0.6 is 0 Å². The summed E-state index contributed by atoms with van der Waals surface area (Å²) in [5.41, 5.74) is 1.62. The number of benzene rings is 2. The van der Waals surface area contributed by atoms with Crippen LogP contribution in [-0.4, -0.2) is 60.1 Å². The molecule has 3 heterocycles. The molecule has 2 aromatic rings. The number of hydrogen-bond donors (Lipinski definition) is 2. The van der Waals surface area contributed by atoms with Crippen LogP contribution < -0.4 is 15.5 Å². The first kappa shape index (κ1) is 25.6. The predicted octanol–water partition coefficient (Wildman–Crippen LogP) is 3.13. The van der Waals surface area contributed by atoms with E-state index in [0.29, 0.717) is 16.8 Å². The van der Waals surface area contributed by atoms with Crippen LogP contribution in [0.3, 0.4) is 0 Å². The van der Waals surface area contributed by atoms with Crippen LogP contribution in [0.15, 0.2) is 36.4 Å². The van der Waals surface area contributed by atoms with Crippen LogP contribution in [0.5, 0.6) is 0 Å². The minimum atomic E-state index is -4.55. The molecule has 1 fully saturated rings. The fraction of sp³-hybridized carbons (Fsp3) is 0.360. The zero-order chi connectivity index (χ0) is 27.2. The lowest BCUT2D eigenvalue weighted by Gasteiger charge is -2.29. The van der Waals surface area contributed by atoms with Gasteiger partial charge in [0.1, 0.15) is 18.5 Å². The van der Waals surface area contributed by atoms with Crippen LogP contribution in [0, 0.1) is 5.82 Å². The van der Waals surface area contributed by atoms with Crippen molar-refractivity contribution in [2.45, 2.75) is 44.1 Å². The van der Waals surface area contributed by atoms with Crippen LogP contribution in [0.1, 0.15) is 34.3 Å². The number of hydrogen-bond acceptors (Lipinski definition) is 5. The molecule has 2 atom stereocenters. The monoisotopic (exact) mass is 534 g/mol. The van der Waals surface area contributed by atoms with Gasteiger partial charge in [-0.25, -0.2) is 9.18 Å². The van der Waals surface area contributed by atoms with Crippen LogP contribution in [0.4, 0.5) is 33.7 Å². The number of fused-ring (bicyclic) bond motifs is 2. The number of alkyl halides is 3. The second-order valence-electron chi connectivity index (χ2n) is 9.30. The Bertz CT molecular complexity index is 1330. The third-order valence-corrected chi connectivity index (χ3v) is 6.73. The van der Waals surface area contributed by atoms with Gasteiger partial charge in [-0.05, 0) is 42.3 Å². The number of carbonyl (C=O) groups excluding carboxylic acids is 4. The largest absolute Gasteiger partial charge is 0.411 e. The maximum absolute atomic E-state index is 14.4. The molecular weight excluding hydrogens is 512 g/mol. The maximum Gasteiger partial charge on any atom is 0.411 e. The van der Waals surface area contributed by atoms with E-state index in [9.17, 15) is 36.7 Å². The van der Waals surface area contributed by atoms with Gasteiger partial charge in [0.25, 0.3) is 5.91 Å². The number of rotatable bonds is 5. The van der Waals surface area contributed by atoms with Crippen LogP contribution in [0.25, 0.3) is 0 Å². The third kappa shape index (κ3) is 4.93. The highest BCUT2D eigenvalue weighted by atomic mass is 19.4. The van der Waals surface area contributed by atoms with Gasteiger partial charge in [0.15, 0.2) is 0 Å². The number of nitrogens with zero attached hydrogens (tertiary/aromatic N) is 2. The standard InChI is InChI=1S/C25H22F4N4O5/c26-18-2-1-3-19-17(18)9-15(11-38-12-25(27,28)29)33(19)24(37)30-14-4-5-16-13(8-14)10-32(23(16)36)20-6-7-21(34)31-22(20)35/h1-5,8,15,20H,6-7,9-12H2,(H,30,37)(H,31,34,35). The highest BCUT2D eigenvalue weighted by Gasteiger charge is 2.40. The molecule has 0 aliphatic carbocycles. The van der Waals surface area contributed by atoms with E-state index in [0.717, 1.165) is 0 Å². The van der Waals surface area contributed by atoms with E-state index in [1.165, 1.54) is 40.1 Å². The minimum absolute atomic E-state index is 0.0209. The van der Waals surface area contributed by atoms with E-state index in [1.54, 1.807) is 6.07 Å². The predicted molar refractivity (Wildman–Crippen MR) is 125 cm³/mol. The molecule has 0 aromatic heterocycles. The molecule has 3 aliphatic heterocycles. The summed E-state index contributed by atoms with van der Waals surface area (Å²) in [6.45, 7) is -1.86. The molecule has 2 aromatic carbocycles. The van der Waals surface area contributed by atoms with E-state index in [4.69, 9.17) is 4.74 Å². The molecule has 0 spiro atoms. The average Bonchev–Trinajstić information content (AvgIpc) is 3.36. The fourth-order valence-electron chi connectivity index (χ4n) is 5.05. The Balaban J connectivity index is 1.32. The number of imide groups is 1. The normalized spacial score (nSPS) is 20.9. The number of nitrogens with one attached hydrogen (secondary N) is 2.